The quantitative estimate of drug-likeness (QED) is 0.771. The molecule has 2 aromatic rings. The number of nitrogens with zero attached hydrogens (tertiary/aromatic N) is 3. The molecule has 2 atom stereocenters. The molecule has 9 heteroatoms. The first kappa shape index (κ1) is 22.2. The smallest absolute Gasteiger partial charge is 0.411 e. The number of nitrogens with one attached hydrogen (secondary N) is 1. The maximum absolute atomic E-state index is 12.8. The number of carbonyl (C=O) groups excluding carboxylic acids is 2. The van der Waals surface area contributed by atoms with Gasteiger partial charge in [-0.3, -0.25) is 19.7 Å². The summed E-state index contributed by atoms with van der Waals surface area (Å²) in [5.74, 6) is -1.52. The van der Waals surface area contributed by atoms with E-state index in [-0.39, 0.29) is 18.9 Å². The first-order valence-corrected chi connectivity index (χ1v) is 9.96. The van der Waals surface area contributed by atoms with Crippen LogP contribution in [0.2, 0.25) is 0 Å². The standard InChI is InChI=1S/C22H26N4O5/c1-13-5-7-23-16(9-13)17-10-14(6-8-24-17)19(27)25-15-11-18(20(28)29)26(12-15)21(30)31-22(2,3)4/h5-10,15,18H,11-12H2,1-4H3,(H,25,27)(H,28,29)/t15-,18-/m0/s1. The zero-order valence-electron chi connectivity index (χ0n) is 18.0. The fourth-order valence-electron chi connectivity index (χ4n) is 3.35. The number of pyridine rings is 2. The Hall–Kier alpha value is -3.49. The van der Waals surface area contributed by atoms with Gasteiger partial charge in [0.25, 0.3) is 5.91 Å². The number of ether oxygens (including phenoxy) is 1. The lowest BCUT2D eigenvalue weighted by Gasteiger charge is -2.26. The van der Waals surface area contributed by atoms with E-state index in [0.717, 1.165) is 10.5 Å². The van der Waals surface area contributed by atoms with Crippen LogP contribution in [0.1, 0.15) is 43.1 Å². The molecular formula is C22H26N4O5. The van der Waals surface area contributed by atoms with Gasteiger partial charge in [0.15, 0.2) is 0 Å². The number of hydrogen-bond acceptors (Lipinski definition) is 6. The Morgan fingerprint density at radius 1 is 1.13 bits per heavy atom. The van der Waals surface area contributed by atoms with E-state index in [9.17, 15) is 19.5 Å². The molecule has 0 aliphatic carbocycles. The minimum Gasteiger partial charge on any atom is -0.480 e. The van der Waals surface area contributed by atoms with Crippen molar-refractivity contribution in [3.63, 3.8) is 0 Å². The van der Waals surface area contributed by atoms with Crippen LogP contribution in [-0.4, -0.2) is 62.2 Å². The van der Waals surface area contributed by atoms with Crippen LogP contribution in [0.3, 0.4) is 0 Å². The molecule has 1 aliphatic heterocycles. The van der Waals surface area contributed by atoms with Crippen LogP contribution in [0.25, 0.3) is 11.4 Å². The van der Waals surface area contributed by atoms with Gasteiger partial charge in [0, 0.05) is 37.0 Å². The highest BCUT2D eigenvalue weighted by molar-refractivity contribution is 5.95. The number of carboxylic acids is 1. The highest BCUT2D eigenvalue weighted by atomic mass is 16.6. The second-order valence-corrected chi connectivity index (χ2v) is 8.54. The van der Waals surface area contributed by atoms with Gasteiger partial charge in [-0.05, 0) is 57.5 Å². The number of aliphatic carboxylic acids is 1. The molecule has 2 aromatic heterocycles. The summed E-state index contributed by atoms with van der Waals surface area (Å²) in [5.41, 5.74) is 1.85. The fraction of sp³-hybridized carbons (Fsp3) is 0.409. The third-order valence-corrected chi connectivity index (χ3v) is 4.75. The summed E-state index contributed by atoms with van der Waals surface area (Å²) < 4.78 is 5.31. The predicted octanol–water partition coefficient (Wildman–Crippen LogP) is 2.64. The van der Waals surface area contributed by atoms with Gasteiger partial charge in [-0.1, -0.05) is 0 Å². The molecule has 9 nitrogen and oxygen atoms in total. The SMILES string of the molecule is Cc1ccnc(-c2cc(C(=O)N[C@H]3C[C@@H](C(=O)O)N(C(=O)OC(C)(C)C)C3)ccn2)c1. The van der Waals surface area contributed by atoms with Crippen LogP contribution in [0.15, 0.2) is 36.7 Å². The Morgan fingerprint density at radius 2 is 1.77 bits per heavy atom. The number of carboxylic acid groups (broad SMARTS) is 1. The van der Waals surface area contributed by atoms with Gasteiger partial charge in [0.1, 0.15) is 11.6 Å². The fourth-order valence-corrected chi connectivity index (χ4v) is 3.35. The lowest BCUT2D eigenvalue weighted by atomic mass is 10.1. The Bertz CT molecular complexity index is 1000. The van der Waals surface area contributed by atoms with Gasteiger partial charge in [0.2, 0.25) is 0 Å². The Labute approximate surface area is 180 Å². The third kappa shape index (κ3) is 5.56. The molecule has 0 radical (unpaired) electrons. The molecule has 0 saturated carbocycles. The lowest BCUT2D eigenvalue weighted by Crippen LogP contribution is -2.44. The minimum atomic E-state index is -1.14. The van der Waals surface area contributed by atoms with Gasteiger partial charge in [-0.25, -0.2) is 9.59 Å². The van der Waals surface area contributed by atoms with E-state index in [1.807, 2.05) is 19.1 Å². The van der Waals surface area contributed by atoms with Crippen molar-refractivity contribution < 1.29 is 24.2 Å². The second-order valence-electron chi connectivity index (χ2n) is 8.54. The number of rotatable bonds is 4. The summed E-state index contributed by atoms with van der Waals surface area (Å²) in [4.78, 5) is 46.6. The molecule has 3 rings (SSSR count). The lowest BCUT2D eigenvalue weighted by molar-refractivity contribution is -0.142. The summed E-state index contributed by atoms with van der Waals surface area (Å²) in [6.07, 6.45) is 2.58. The molecule has 0 bridgehead atoms. The van der Waals surface area contributed by atoms with Crippen LogP contribution in [0.5, 0.6) is 0 Å². The number of carbonyl (C=O) groups is 3. The zero-order valence-corrected chi connectivity index (χ0v) is 18.0. The molecule has 164 valence electrons. The maximum Gasteiger partial charge on any atom is 0.411 e. The van der Waals surface area contributed by atoms with Crippen molar-refractivity contribution in [1.82, 2.24) is 20.2 Å². The number of aromatic nitrogens is 2. The van der Waals surface area contributed by atoms with E-state index in [1.54, 1.807) is 39.1 Å². The average molecular weight is 426 g/mol. The first-order valence-electron chi connectivity index (χ1n) is 9.96. The van der Waals surface area contributed by atoms with Gasteiger partial charge in [-0.2, -0.15) is 0 Å². The molecule has 1 saturated heterocycles. The predicted molar refractivity (Wildman–Crippen MR) is 112 cm³/mol. The van der Waals surface area contributed by atoms with E-state index < -0.39 is 29.7 Å². The summed E-state index contributed by atoms with van der Waals surface area (Å²) in [7, 11) is 0. The van der Waals surface area contributed by atoms with E-state index in [2.05, 4.69) is 15.3 Å². The van der Waals surface area contributed by atoms with Crippen LogP contribution in [0.4, 0.5) is 4.79 Å². The van der Waals surface area contributed by atoms with Gasteiger partial charge < -0.3 is 15.2 Å². The van der Waals surface area contributed by atoms with Crippen molar-refractivity contribution in [1.29, 1.82) is 0 Å². The summed E-state index contributed by atoms with van der Waals surface area (Å²) in [5, 5.41) is 12.3. The van der Waals surface area contributed by atoms with Crippen molar-refractivity contribution in [3.8, 4) is 11.4 Å². The summed E-state index contributed by atoms with van der Waals surface area (Å²) >= 11 is 0. The van der Waals surface area contributed by atoms with E-state index >= 15 is 0 Å². The highest BCUT2D eigenvalue weighted by Crippen LogP contribution is 2.22. The first-order chi connectivity index (χ1) is 14.5. The minimum absolute atomic E-state index is 0.0506. The monoisotopic (exact) mass is 426 g/mol. The van der Waals surface area contributed by atoms with Crippen molar-refractivity contribution >= 4 is 18.0 Å². The van der Waals surface area contributed by atoms with Crippen molar-refractivity contribution in [2.75, 3.05) is 6.54 Å². The van der Waals surface area contributed by atoms with E-state index in [1.165, 1.54) is 6.20 Å². The molecular weight excluding hydrogens is 400 g/mol. The number of aryl methyl sites for hydroxylation is 1. The Balaban J connectivity index is 1.72. The van der Waals surface area contributed by atoms with Crippen molar-refractivity contribution in [2.24, 2.45) is 0 Å². The Morgan fingerprint density at radius 3 is 2.39 bits per heavy atom. The largest absolute Gasteiger partial charge is 0.480 e. The second kappa shape index (κ2) is 8.71. The van der Waals surface area contributed by atoms with Gasteiger partial charge in [0.05, 0.1) is 11.4 Å². The van der Waals surface area contributed by atoms with Crippen LogP contribution >= 0.6 is 0 Å². The summed E-state index contributed by atoms with van der Waals surface area (Å²) in [6.45, 7) is 7.12. The van der Waals surface area contributed by atoms with E-state index in [0.29, 0.717) is 17.0 Å². The van der Waals surface area contributed by atoms with E-state index in [4.69, 9.17) is 4.74 Å². The maximum atomic E-state index is 12.8. The molecule has 0 unspecified atom stereocenters. The molecule has 1 fully saturated rings. The van der Waals surface area contributed by atoms with Gasteiger partial charge in [-0.15, -0.1) is 0 Å². The van der Waals surface area contributed by atoms with Gasteiger partial charge >= 0.3 is 12.1 Å². The number of hydrogen-bond donors (Lipinski definition) is 2. The Kier molecular flexibility index (Phi) is 6.24. The zero-order chi connectivity index (χ0) is 22.8. The van der Waals surface area contributed by atoms with Crippen LogP contribution < -0.4 is 5.32 Å². The molecule has 31 heavy (non-hydrogen) atoms. The average Bonchev–Trinajstić information content (AvgIpc) is 3.11. The van der Waals surface area contributed by atoms with Crippen LogP contribution in [-0.2, 0) is 9.53 Å². The number of amides is 2. The van der Waals surface area contributed by atoms with Crippen LogP contribution in [0, 0.1) is 6.92 Å². The van der Waals surface area contributed by atoms with Crippen molar-refractivity contribution in [2.45, 2.75) is 51.8 Å². The molecule has 0 spiro atoms. The molecule has 3 heterocycles. The third-order valence-electron chi connectivity index (χ3n) is 4.75. The topological polar surface area (TPSA) is 122 Å². The summed E-state index contributed by atoms with van der Waals surface area (Å²) in [6, 6.07) is 5.36. The molecule has 2 N–H and O–H groups in total. The molecule has 1 aliphatic rings. The number of likely N-dealkylation sites (tertiary alicyclic amines) is 1. The normalized spacial score (nSPS) is 18.5. The van der Waals surface area contributed by atoms with Crippen molar-refractivity contribution in [3.05, 3.63) is 47.8 Å². The highest BCUT2D eigenvalue weighted by Gasteiger charge is 2.42. The molecule has 2 amide bonds. The molecule has 0 aromatic carbocycles.